The van der Waals surface area contributed by atoms with Crippen LogP contribution in [-0.4, -0.2) is 66.5 Å². The number of nitrogens with zero attached hydrogens (tertiary/aromatic N) is 3. The molecule has 6 rings (SSSR count). The number of benzene rings is 4. The maximum absolute atomic E-state index is 15.7. The van der Waals surface area contributed by atoms with Gasteiger partial charge in [0, 0.05) is 78.1 Å². The maximum atomic E-state index is 15.7. The molecule has 1 N–H and O–H groups in total. The smallest absolute Gasteiger partial charge is 0.384 e. The summed E-state index contributed by atoms with van der Waals surface area (Å²) < 4.78 is 269. The molecule has 2 aliphatic heterocycles. The topological polar surface area (TPSA) is 56.3 Å². The highest BCUT2D eigenvalue weighted by atomic mass is 32.2. The van der Waals surface area contributed by atoms with Crippen molar-refractivity contribution >= 4 is 23.4 Å². The van der Waals surface area contributed by atoms with E-state index in [9.17, 15) is 32.3 Å². The molecule has 4 aromatic carbocycles. The van der Waals surface area contributed by atoms with Crippen molar-refractivity contribution in [2.45, 2.75) is 50.2 Å². The van der Waals surface area contributed by atoms with Crippen molar-refractivity contribution in [2.24, 2.45) is 0 Å². The number of methoxy groups -OCH3 is 1. The molecule has 1 atom stereocenters. The fourth-order valence-electron chi connectivity index (χ4n) is 4.94. The third-order valence-electron chi connectivity index (χ3n) is 7.55. The van der Waals surface area contributed by atoms with E-state index in [-0.39, 0.29) is 32.1 Å². The van der Waals surface area contributed by atoms with E-state index in [4.69, 9.17) is 20.6 Å². The Morgan fingerprint density at radius 2 is 1.79 bits per heavy atom. The van der Waals surface area contributed by atoms with E-state index in [1.54, 1.807) is 0 Å². The van der Waals surface area contributed by atoms with E-state index >= 15 is 9.18 Å². The van der Waals surface area contributed by atoms with Crippen LogP contribution in [0.25, 0.3) is 11.1 Å². The third-order valence-corrected chi connectivity index (χ3v) is 8.36. The molecule has 6 nitrogen and oxygen atoms in total. The monoisotopic (exact) mass is 773 g/mol. The quantitative estimate of drug-likeness (QED) is 0.146. The Kier molecular flexibility index (Phi) is 6.16. The molecule has 4 aromatic rings. The number of ether oxygens (including phenoxy) is 1. The summed E-state index contributed by atoms with van der Waals surface area (Å²) in [4.78, 5) is 14.5. The summed E-state index contributed by atoms with van der Waals surface area (Å²) in [7, 11) is -3.46. The molecule has 0 aromatic heterocycles. The number of thioether (sulfide) groups is 1. The summed E-state index contributed by atoms with van der Waals surface area (Å²) in [6.07, 6.45) is -16.3. The van der Waals surface area contributed by atoms with E-state index in [0.29, 0.717) is 6.07 Å². The van der Waals surface area contributed by atoms with Crippen LogP contribution in [0.15, 0.2) is 95.9 Å². The molecular weight excluding hydrogens is 710 g/mol. The van der Waals surface area contributed by atoms with Gasteiger partial charge in [-0.1, -0.05) is 66.2 Å². The fourth-order valence-corrected chi connectivity index (χ4v) is 5.71. The first-order valence-corrected chi connectivity index (χ1v) is 16.2. The van der Waals surface area contributed by atoms with E-state index in [0.717, 1.165) is 55.5 Å². The van der Waals surface area contributed by atoms with E-state index in [1.165, 1.54) is 12.1 Å². The number of carbonyl (C=O) groups excluding carboxylic acids is 1. The Morgan fingerprint density at radius 1 is 1.09 bits per heavy atom. The lowest BCUT2D eigenvalue weighted by molar-refractivity contribution is -0.137. The number of anilines is 1. The van der Waals surface area contributed by atoms with Crippen molar-refractivity contribution in [3.8, 4) is 11.1 Å². The molecule has 1 amide bonds. The first kappa shape index (κ1) is 19.4. The molecular formula is C41H42F5N3O3S. The van der Waals surface area contributed by atoms with Gasteiger partial charge in [-0.25, -0.2) is 8.78 Å². The number of rotatable bonds is 12. The van der Waals surface area contributed by atoms with Gasteiger partial charge in [0.2, 0.25) is 5.91 Å². The number of amides is 1. The van der Waals surface area contributed by atoms with Gasteiger partial charge in [-0.05, 0) is 66.7 Å². The van der Waals surface area contributed by atoms with Crippen LogP contribution >= 0.6 is 11.8 Å². The predicted octanol–water partition coefficient (Wildman–Crippen LogP) is 8.73. The minimum Gasteiger partial charge on any atom is -0.384 e. The lowest BCUT2D eigenvalue weighted by Gasteiger charge is -2.40. The van der Waals surface area contributed by atoms with Crippen molar-refractivity contribution in [2.75, 3.05) is 44.5 Å². The molecule has 0 spiro atoms. The number of likely N-dealkylation sites (tertiary alicyclic amines) is 1. The molecule has 0 saturated carbocycles. The number of hydrogen-bond donors (Lipinski definition) is 1. The number of alkyl halides is 3. The van der Waals surface area contributed by atoms with Crippen LogP contribution in [0.3, 0.4) is 0 Å². The van der Waals surface area contributed by atoms with Crippen LogP contribution in [0.4, 0.5) is 27.6 Å². The molecule has 12 heteroatoms. The average Bonchev–Trinajstić information content (AvgIpc) is 3.29. The highest BCUT2D eigenvalue weighted by Crippen LogP contribution is 2.41. The maximum Gasteiger partial charge on any atom is 0.416 e. The first-order valence-electron chi connectivity index (χ1n) is 26.3. The highest BCUT2D eigenvalue weighted by Gasteiger charge is 2.33. The van der Waals surface area contributed by atoms with Crippen LogP contribution in [0.5, 0.6) is 0 Å². The van der Waals surface area contributed by atoms with Crippen LogP contribution < -0.4 is 4.90 Å². The molecule has 1 fully saturated rings. The lowest BCUT2D eigenvalue weighted by Crippen LogP contribution is -2.50. The summed E-state index contributed by atoms with van der Waals surface area (Å²) in [6, 6.07) is 1.42. The normalized spacial score (nSPS) is 28.4. The fraction of sp³-hybridized carbons (Fsp3) is 0.341. The van der Waals surface area contributed by atoms with Crippen molar-refractivity contribution in [3.63, 3.8) is 0 Å². The number of carbonyl (C=O) groups is 1. The average molecular weight is 774 g/mol. The van der Waals surface area contributed by atoms with Gasteiger partial charge < -0.3 is 24.5 Å². The Labute approximate surface area is 341 Å². The van der Waals surface area contributed by atoms with Gasteiger partial charge in [-0.2, -0.15) is 13.2 Å². The molecule has 1 unspecified atom stereocenters. The molecule has 0 radical (unpaired) electrons. The SMILES string of the molecule is [2H]C1=C(SC([2H])([2H])c2cccc(F)c2F)N(C([2H])([2H])C(=O)N(Cc2ccc(-c3ccc(C(F)(F)F)cc3)cc2)C2([2H])C([2H])([2H])C([2H])([2H])N(C([2H])([2H])COC([2H])([2H])[2H])C([2H])([2H])C2([2H])[2H])c2c([2H])c([2H])c(C)c([2H])c2C1O. The minimum absolute atomic E-state index is 0.0737. The minimum atomic E-state index is -4.73. The predicted molar refractivity (Wildman–Crippen MR) is 198 cm³/mol. The van der Waals surface area contributed by atoms with Crippen molar-refractivity contribution in [3.05, 3.63) is 135 Å². The van der Waals surface area contributed by atoms with E-state index < -0.39 is 169 Å². The highest BCUT2D eigenvalue weighted by molar-refractivity contribution is 8.02. The van der Waals surface area contributed by atoms with Gasteiger partial charge >= 0.3 is 6.18 Å². The largest absolute Gasteiger partial charge is 0.416 e. The Hall–Kier alpha value is -4.23. The van der Waals surface area contributed by atoms with Gasteiger partial charge in [0.1, 0.15) is 12.6 Å². The molecule has 1 saturated heterocycles. The number of aliphatic hydroxyl groups is 1. The zero-order valence-corrected chi connectivity index (χ0v) is 28.1. The van der Waals surface area contributed by atoms with Gasteiger partial charge in [-0.15, -0.1) is 11.8 Å². The van der Waals surface area contributed by atoms with Crippen LogP contribution in [0, 0.1) is 18.6 Å². The van der Waals surface area contributed by atoms with Gasteiger partial charge in [-0.3, -0.25) is 4.79 Å². The van der Waals surface area contributed by atoms with Crippen LogP contribution in [0.1, 0.15) is 76.8 Å². The number of hydrogen-bond acceptors (Lipinski definition) is 6. The molecule has 280 valence electrons. The number of halogens is 5. The second-order valence-electron chi connectivity index (χ2n) is 11.1. The molecule has 2 heterocycles. The summed E-state index contributed by atoms with van der Waals surface area (Å²) >= 11 is -0.398. The Morgan fingerprint density at radius 3 is 2.47 bits per heavy atom. The number of fused-ring (bicyclic) bond motifs is 1. The summed E-state index contributed by atoms with van der Waals surface area (Å²) in [5, 5.41) is 10.3. The summed E-state index contributed by atoms with van der Waals surface area (Å²) in [5.74, 6) is -5.87. The van der Waals surface area contributed by atoms with Gasteiger partial charge in [0.25, 0.3) is 0 Å². The second kappa shape index (κ2) is 16.8. The lowest BCUT2D eigenvalue weighted by atomic mass is 9.99. The number of aliphatic hydroxyl groups excluding tert-OH is 1. The van der Waals surface area contributed by atoms with E-state index in [2.05, 4.69) is 4.74 Å². The van der Waals surface area contributed by atoms with Gasteiger partial charge in [0.05, 0.1) is 30.9 Å². The summed E-state index contributed by atoms with van der Waals surface area (Å²) in [5.41, 5.74) is -8.04. The Balaban J connectivity index is 1.65. The molecule has 53 heavy (non-hydrogen) atoms. The first-order chi connectivity index (χ1) is 33.9. The standard InChI is InChI=1S/C41H42F5N3O3S/c1-27-6-15-36-34(22-27)37(50)23-39(53-26-31-4-3-5-35(42)40(31)43)49(36)25-38(51)48(33-16-18-47(19-17-33)20-21-52-2)24-28-7-9-29(10-8-28)30-11-13-32(14-12-30)41(44,45)46/h3-15,22-23,33,37,50H,16-21,24-26H2,1-2H3/i2D3,6D,15D,16D2,17D2,18D2,19D2,20D2,22D,23D,25D2,26D2,33D. The number of piperidine rings is 1. The van der Waals surface area contributed by atoms with E-state index in [1.807, 2.05) is 0 Å². The second-order valence-corrected chi connectivity index (χ2v) is 11.9. The van der Waals surface area contributed by atoms with Crippen LogP contribution in [0.2, 0.25) is 0 Å². The zero-order chi connectivity index (χ0) is 57.2. The Bertz CT molecular complexity index is 2900. The van der Waals surface area contributed by atoms with Gasteiger partial charge in [0.15, 0.2) is 11.6 Å². The third kappa shape index (κ3) is 9.29. The summed E-state index contributed by atoms with van der Waals surface area (Å²) in [6.45, 7) is -19.3. The van der Waals surface area contributed by atoms with Crippen molar-refractivity contribution in [1.29, 1.82) is 0 Å². The molecule has 0 aliphatic carbocycles. The molecule has 0 bridgehead atoms. The van der Waals surface area contributed by atoms with Crippen molar-refractivity contribution < 1.29 is 66.7 Å². The molecule has 2 aliphatic rings. The van der Waals surface area contributed by atoms with Crippen LogP contribution in [-0.2, 0) is 28.0 Å². The van der Waals surface area contributed by atoms with Crippen molar-refractivity contribution in [1.82, 2.24) is 9.80 Å². The zero-order valence-electron chi connectivity index (χ0n) is 49.2.